The summed E-state index contributed by atoms with van der Waals surface area (Å²) in [6.07, 6.45) is -4.11. The minimum absolute atomic E-state index is 0.0242. The Labute approximate surface area is 165 Å². The highest BCUT2D eigenvalue weighted by Crippen LogP contribution is 2.21. The van der Waals surface area contributed by atoms with E-state index < -0.39 is 18.7 Å². The fourth-order valence-corrected chi connectivity index (χ4v) is 2.57. The molecule has 1 amide bonds. The topological polar surface area (TPSA) is 69.0 Å². The Morgan fingerprint density at radius 1 is 1.03 bits per heavy atom. The summed E-state index contributed by atoms with van der Waals surface area (Å²) in [6, 6.07) is 18.6. The third-order valence-electron chi connectivity index (χ3n) is 3.86. The van der Waals surface area contributed by atoms with Crippen molar-refractivity contribution in [1.29, 1.82) is 0 Å². The van der Waals surface area contributed by atoms with Gasteiger partial charge in [-0.25, -0.2) is 9.67 Å². The monoisotopic (exact) mass is 404 g/mol. The lowest BCUT2D eigenvalue weighted by Crippen LogP contribution is -2.27. The number of amides is 1. The molecule has 0 saturated heterocycles. The first kappa shape index (κ1) is 20.5. The largest absolute Gasteiger partial charge is 0.411 e. The predicted octanol–water partition coefficient (Wildman–Crippen LogP) is 3.63. The molecule has 152 valence electrons. The summed E-state index contributed by atoms with van der Waals surface area (Å²) in [5, 5.41) is 6.92. The molecule has 1 aromatic heterocycles. The van der Waals surface area contributed by atoms with Gasteiger partial charge in [0.1, 0.15) is 6.61 Å². The molecule has 0 aliphatic heterocycles. The van der Waals surface area contributed by atoms with Gasteiger partial charge in [0.15, 0.2) is 5.82 Å². The van der Waals surface area contributed by atoms with Crippen LogP contribution in [0, 0.1) is 0 Å². The molecular weight excluding hydrogens is 385 g/mol. The standard InChI is InChI=1S/C20H19F3N4O2/c21-20(22,23)14-29-13-7-12-24-19(28)17-25-18(15-8-3-1-4-9-15)27(26-17)16-10-5-2-6-11-16/h1-6,8-11H,7,12-14H2,(H,24,28). The van der Waals surface area contributed by atoms with E-state index in [-0.39, 0.29) is 25.4 Å². The van der Waals surface area contributed by atoms with Gasteiger partial charge < -0.3 is 10.1 Å². The van der Waals surface area contributed by atoms with Crippen LogP contribution in [-0.2, 0) is 4.74 Å². The lowest BCUT2D eigenvalue weighted by atomic mass is 10.2. The zero-order chi connectivity index (χ0) is 20.7. The van der Waals surface area contributed by atoms with Crippen LogP contribution in [0.25, 0.3) is 17.1 Å². The van der Waals surface area contributed by atoms with Crippen LogP contribution in [-0.4, -0.2) is 46.6 Å². The number of rotatable bonds is 8. The fraction of sp³-hybridized carbons (Fsp3) is 0.250. The van der Waals surface area contributed by atoms with Crippen molar-refractivity contribution in [1.82, 2.24) is 20.1 Å². The van der Waals surface area contributed by atoms with Gasteiger partial charge in [0.2, 0.25) is 5.82 Å². The minimum Gasteiger partial charge on any atom is -0.372 e. The molecule has 0 atom stereocenters. The summed E-state index contributed by atoms with van der Waals surface area (Å²) >= 11 is 0. The maximum Gasteiger partial charge on any atom is 0.411 e. The molecule has 6 nitrogen and oxygen atoms in total. The van der Waals surface area contributed by atoms with Crippen molar-refractivity contribution < 1.29 is 22.7 Å². The van der Waals surface area contributed by atoms with E-state index >= 15 is 0 Å². The molecule has 9 heteroatoms. The van der Waals surface area contributed by atoms with Crippen LogP contribution in [0.1, 0.15) is 17.0 Å². The van der Waals surface area contributed by atoms with Crippen LogP contribution in [0.15, 0.2) is 60.7 Å². The van der Waals surface area contributed by atoms with E-state index in [9.17, 15) is 18.0 Å². The summed E-state index contributed by atoms with van der Waals surface area (Å²) in [7, 11) is 0. The zero-order valence-corrected chi connectivity index (χ0v) is 15.4. The van der Waals surface area contributed by atoms with Crippen molar-refractivity contribution in [2.75, 3.05) is 19.8 Å². The Morgan fingerprint density at radius 2 is 1.69 bits per heavy atom. The van der Waals surface area contributed by atoms with Gasteiger partial charge in [0.25, 0.3) is 5.91 Å². The van der Waals surface area contributed by atoms with Crippen molar-refractivity contribution in [2.45, 2.75) is 12.6 Å². The Hall–Kier alpha value is -3.20. The molecule has 0 fully saturated rings. The van der Waals surface area contributed by atoms with Crippen molar-refractivity contribution >= 4 is 5.91 Å². The zero-order valence-electron chi connectivity index (χ0n) is 15.4. The normalized spacial score (nSPS) is 11.4. The maximum absolute atomic E-state index is 12.4. The van der Waals surface area contributed by atoms with Gasteiger partial charge in [-0.1, -0.05) is 48.5 Å². The smallest absolute Gasteiger partial charge is 0.372 e. The molecule has 0 bridgehead atoms. The first-order valence-electron chi connectivity index (χ1n) is 8.94. The highest BCUT2D eigenvalue weighted by Gasteiger charge is 2.27. The average molecular weight is 404 g/mol. The molecule has 0 aliphatic carbocycles. The highest BCUT2D eigenvalue weighted by atomic mass is 19.4. The Morgan fingerprint density at radius 3 is 2.34 bits per heavy atom. The van der Waals surface area contributed by atoms with Gasteiger partial charge in [-0.2, -0.15) is 13.2 Å². The van der Waals surface area contributed by atoms with Crippen molar-refractivity contribution in [3.63, 3.8) is 0 Å². The quantitative estimate of drug-likeness (QED) is 0.582. The Bertz CT molecular complexity index is 871. The van der Waals surface area contributed by atoms with E-state index in [1.54, 1.807) is 4.68 Å². The van der Waals surface area contributed by atoms with Gasteiger partial charge in [-0.3, -0.25) is 4.79 Å². The van der Waals surface area contributed by atoms with Crippen molar-refractivity contribution in [3.05, 3.63) is 66.5 Å². The lowest BCUT2D eigenvalue weighted by molar-refractivity contribution is -0.173. The number of para-hydroxylation sites is 1. The van der Waals surface area contributed by atoms with E-state index in [0.29, 0.717) is 5.82 Å². The third kappa shape index (κ3) is 5.89. The third-order valence-corrected chi connectivity index (χ3v) is 3.86. The second kappa shape index (κ2) is 9.33. The van der Waals surface area contributed by atoms with Crippen LogP contribution in [0.4, 0.5) is 13.2 Å². The van der Waals surface area contributed by atoms with Gasteiger partial charge in [0, 0.05) is 18.7 Å². The molecule has 1 heterocycles. The van der Waals surface area contributed by atoms with Gasteiger partial charge in [-0.05, 0) is 18.6 Å². The summed E-state index contributed by atoms with van der Waals surface area (Å²) < 4.78 is 42.2. The summed E-state index contributed by atoms with van der Waals surface area (Å²) in [4.78, 5) is 16.8. The first-order valence-corrected chi connectivity index (χ1v) is 8.94. The molecule has 2 aromatic carbocycles. The number of hydrogen-bond donors (Lipinski definition) is 1. The van der Waals surface area contributed by atoms with Crippen molar-refractivity contribution in [2.24, 2.45) is 0 Å². The molecular formula is C20H19F3N4O2. The summed E-state index contributed by atoms with van der Waals surface area (Å²) in [5.74, 6) is -0.0212. The minimum atomic E-state index is -4.36. The number of benzene rings is 2. The molecule has 0 saturated carbocycles. The number of carbonyl (C=O) groups excluding carboxylic acids is 1. The fourth-order valence-electron chi connectivity index (χ4n) is 2.57. The molecule has 29 heavy (non-hydrogen) atoms. The number of aromatic nitrogens is 3. The van der Waals surface area contributed by atoms with Crippen LogP contribution >= 0.6 is 0 Å². The van der Waals surface area contributed by atoms with E-state index in [1.165, 1.54) is 0 Å². The Kier molecular flexibility index (Phi) is 6.61. The van der Waals surface area contributed by atoms with Gasteiger partial charge in [0.05, 0.1) is 5.69 Å². The van der Waals surface area contributed by atoms with Crippen LogP contribution in [0.3, 0.4) is 0 Å². The number of hydrogen-bond acceptors (Lipinski definition) is 4. The number of nitrogens with zero attached hydrogens (tertiary/aromatic N) is 3. The number of nitrogens with one attached hydrogen (secondary N) is 1. The predicted molar refractivity (Wildman–Crippen MR) is 101 cm³/mol. The SMILES string of the molecule is O=C(NCCCOCC(F)(F)F)c1nc(-c2ccccc2)n(-c2ccccc2)n1. The van der Waals surface area contributed by atoms with E-state index in [2.05, 4.69) is 20.1 Å². The molecule has 0 unspecified atom stereocenters. The highest BCUT2D eigenvalue weighted by molar-refractivity contribution is 5.91. The van der Waals surface area contributed by atoms with E-state index in [0.717, 1.165) is 11.3 Å². The van der Waals surface area contributed by atoms with E-state index in [1.807, 2.05) is 60.7 Å². The van der Waals surface area contributed by atoms with Gasteiger partial charge >= 0.3 is 6.18 Å². The van der Waals surface area contributed by atoms with Gasteiger partial charge in [-0.15, -0.1) is 5.10 Å². The maximum atomic E-state index is 12.4. The second-order valence-electron chi connectivity index (χ2n) is 6.15. The molecule has 0 radical (unpaired) electrons. The van der Waals surface area contributed by atoms with E-state index in [4.69, 9.17) is 0 Å². The Balaban J connectivity index is 1.68. The van der Waals surface area contributed by atoms with Crippen LogP contribution in [0.5, 0.6) is 0 Å². The number of halogens is 3. The summed E-state index contributed by atoms with van der Waals surface area (Å²) in [6.45, 7) is -1.26. The molecule has 3 rings (SSSR count). The van der Waals surface area contributed by atoms with Crippen LogP contribution < -0.4 is 5.32 Å². The first-order chi connectivity index (χ1) is 13.9. The summed E-state index contributed by atoms with van der Waals surface area (Å²) in [5.41, 5.74) is 1.54. The molecule has 3 aromatic rings. The lowest BCUT2D eigenvalue weighted by Gasteiger charge is -2.07. The number of carbonyl (C=O) groups is 1. The average Bonchev–Trinajstić information content (AvgIpc) is 3.16. The van der Waals surface area contributed by atoms with Crippen LogP contribution in [0.2, 0.25) is 0 Å². The molecule has 0 aliphatic rings. The molecule has 1 N–H and O–H groups in total. The van der Waals surface area contributed by atoms with Crippen molar-refractivity contribution in [3.8, 4) is 17.1 Å². The number of alkyl halides is 3. The number of ether oxygens (including phenoxy) is 1. The second-order valence-corrected chi connectivity index (χ2v) is 6.15. The molecule has 0 spiro atoms.